The Morgan fingerprint density at radius 3 is 2.53 bits per heavy atom. The number of halogens is 3. The number of fused-ring (bicyclic) bond motifs is 1. The molecule has 0 spiro atoms. The van der Waals surface area contributed by atoms with Crippen LogP contribution in [0.2, 0.25) is 0 Å². The van der Waals surface area contributed by atoms with Gasteiger partial charge in [-0.05, 0) is 55.7 Å². The van der Waals surface area contributed by atoms with Crippen LogP contribution in [-0.4, -0.2) is 29.8 Å². The van der Waals surface area contributed by atoms with Gasteiger partial charge in [0.15, 0.2) is 0 Å². The Morgan fingerprint density at radius 1 is 1.26 bits per heavy atom. The highest BCUT2D eigenvalue weighted by atomic mass is 19.4. The largest absolute Gasteiger partial charge is 0.573 e. The van der Waals surface area contributed by atoms with E-state index in [1.807, 2.05) is 6.07 Å². The van der Waals surface area contributed by atoms with Gasteiger partial charge in [0.25, 0.3) is 0 Å². The number of hydrogen-bond acceptors (Lipinski definition) is 6. The highest BCUT2D eigenvalue weighted by Gasteiger charge is 2.31. The summed E-state index contributed by atoms with van der Waals surface area (Å²) in [5.74, 6) is 0.124. The number of rotatable bonds is 6. The Kier molecular flexibility index (Phi) is 7.26. The van der Waals surface area contributed by atoms with E-state index in [2.05, 4.69) is 10.1 Å². The molecule has 10 heteroatoms. The first-order valence-corrected chi connectivity index (χ1v) is 10.6. The molecule has 1 unspecified atom stereocenters. The number of alkyl halides is 3. The van der Waals surface area contributed by atoms with E-state index < -0.39 is 24.2 Å². The molecule has 1 aliphatic rings. The Morgan fingerprint density at radius 2 is 1.94 bits per heavy atom. The quantitative estimate of drug-likeness (QED) is 0.595. The van der Waals surface area contributed by atoms with E-state index in [0.717, 1.165) is 0 Å². The topological polar surface area (TPSA) is 101 Å². The van der Waals surface area contributed by atoms with Crippen LogP contribution in [0.4, 0.5) is 18.0 Å². The summed E-state index contributed by atoms with van der Waals surface area (Å²) in [5, 5.41) is 22.4. The summed E-state index contributed by atoms with van der Waals surface area (Å²) in [6.45, 7) is 5.53. The van der Waals surface area contributed by atoms with Gasteiger partial charge in [0.1, 0.15) is 17.1 Å². The molecule has 1 amide bonds. The molecule has 182 valence electrons. The molecular formula is C24H25F3N2O5. The molecule has 7 nitrogen and oxygen atoms in total. The molecule has 1 aliphatic heterocycles. The minimum absolute atomic E-state index is 0.00227. The number of amides is 1. The van der Waals surface area contributed by atoms with Crippen LogP contribution >= 0.6 is 0 Å². The van der Waals surface area contributed by atoms with Gasteiger partial charge in [0, 0.05) is 24.1 Å². The SMILES string of the molecule is CC(C)(C)OC(=O)NCc1cc(-c2ccc(OC(F)(F)F)cc2)c2c(c1C(O)CC#N)CCO2. The molecule has 2 N–H and O–H groups in total. The summed E-state index contributed by atoms with van der Waals surface area (Å²) in [7, 11) is 0. The lowest BCUT2D eigenvalue weighted by Gasteiger charge is -2.22. The van der Waals surface area contributed by atoms with Gasteiger partial charge < -0.3 is 24.6 Å². The summed E-state index contributed by atoms with van der Waals surface area (Å²) in [6, 6.07) is 8.96. The number of aliphatic hydroxyl groups excluding tert-OH is 1. The molecule has 0 saturated heterocycles. The maximum absolute atomic E-state index is 12.5. The minimum Gasteiger partial charge on any atom is -0.492 e. The van der Waals surface area contributed by atoms with Crippen molar-refractivity contribution in [3.05, 3.63) is 47.0 Å². The molecule has 34 heavy (non-hydrogen) atoms. The number of nitriles is 1. The summed E-state index contributed by atoms with van der Waals surface area (Å²) < 4.78 is 52.5. The lowest BCUT2D eigenvalue weighted by Crippen LogP contribution is -2.32. The van der Waals surface area contributed by atoms with Crippen LogP contribution in [0.1, 0.15) is 50.0 Å². The number of nitrogens with one attached hydrogen (secondary N) is 1. The van der Waals surface area contributed by atoms with Crippen LogP contribution < -0.4 is 14.8 Å². The Labute approximate surface area is 195 Å². The van der Waals surface area contributed by atoms with E-state index in [4.69, 9.17) is 14.7 Å². The monoisotopic (exact) mass is 478 g/mol. The normalized spacial score (nSPS) is 13.9. The third-order valence-corrected chi connectivity index (χ3v) is 4.95. The zero-order chi connectivity index (χ0) is 25.1. The predicted molar refractivity (Wildman–Crippen MR) is 116 cm³/mol. The highest BCUT2D eigenvalue weighted by Crippen LogP contribution is 2.43. The van der Waals surface area contributed by atoms with E-state index in [1.165, 1.54) is 24.3 Å². The Hall–Kier alpha value is -3.45. The van der Waals surface area contributed by atoms with Crippen molar-refractivity contribution in [1.29, 1.82) is 5.26 Å². The molecule has 1 atom stereocenters. The number of nitrogens with zero attached hydrogens (tertiary/aromatic N) is 1. The lowest BCUT2D eigenvalue weighted by atomic mass is 9.88. The average Bonchev–Trinajstić information content (AvgIpc) is 3.19. The molecular weight excluding hydrogens is 453 g/mol. The van der Waals surface area contributed by atoms with Crippen molar-refractivity contribution in [2.45, 2.75) is 58.2 Å². The molecule has 0 aliphatic carbocycles. The van der Waals surface area contributed by atoms with E-state index in [-0.39, 0.29) is 18.7 Å². The van der Waals surface area contributed by atoms with Gasteiger partial charge in [0.2, 0.25) is 0 Å². The maximum atomic E-state index is 12.5. The van der Waals surface area contributed by atoms with Gasteiger partial charge in [-0.15, -0.1) is 13.2 Å². The second-order valence-electron chi connectivity index (χ2n) is 8.71. The molecule has 3 rings (SSSR count). The van der Waals surface area contributed by atoms with E-state index in [1.54, 1.807) is 26.8 Å². The van der Waals surface area contributed by atoms with E-state index in [0.29, 0.717) is 46.6 Å². The third-order valence-electron chi connectivity index (χ3n) is 4.95. The number of benzene rings is 2. The van der Waals surface area contributed by atoms with Crippen molar-refractivity contribution < 1.29 is 37.3 Å². The van der Waals surface area contributed by atoms with Gasteiger partial charge in [0.05, 0.1) is 25.2 Å². The Bertz CT molecular complexity index is 1090. The highest BCUT2D eigenvalue weighted by molar-refractivity contribution is 5.76. The summed E-state index contributed by atoms with van der Waals surface area (Å²) >= 11 is 0. The second kappa shape index (κ2) is 9.81. The standard InChI is InChI=1S/C24H25F3N2O5/c1-23(2,3)34-22(31)29-13-15-12-18(14-4-6-16(7-5-14)33-24(25,26)27)21-17(9-11-32-21)20(15)19(30)8-10-28/h4-7,12,19,30H,8-9,11,13H2,1-3H3,(H,29,31). The van der Waals surface area contributed by atoms with Crippen molar-refractivity contribution in [2.75, 3.05) is 6.61 Å². The molecule has 0 aromatic heterocycles. The molecule has 0 saturated carbocycles. The first kappa shape index (κ1) is 25.2. The molecule has 2 aromatic rings. The second-order valence-corrected chi connectivity index (χ2v) is 8.71. The average molecular weight is 478 g/mol. The van der Waals surface area contributed by atoms with Crippen LogP contribution in [0.5, 0.6) is 11.5 Å². The smallest absolute Gasteiger partial charge is 0.492 e. The number of carbonyl (C=O) groups excluding carboxylic acids is 1. The third kappa shape index (κ3) is 6.32. The number of hydrogen-bond donors (Lipinski definition) is 2. The van der Waals surface area contributed by atoms with Crippen molar-refractivity contribution in [3.8, 4) is 28.7 Å². The summed E-state index contributed by atoms with van der Waals surface area (Å²) in [4.78, 5) is 12.2. The molecule has 0 fully saturated rings. The maximum Gasteiger partial charge on any atom is 0.573 e. The number of carbonyl (C=O) groups is 1. The number of aliphatic hydroxyl groups is 1. The number of alkyl carbamates (subject to hydrolysis) is 1. The fourth-order valence-electron chi connectivity index (χ4n) is 3.75. The van der Waals surface area contributed by atoms with Gasteiger partial charge in [-0.3, -0.25) is 0 Å². The summed E-state index contributed by atoms with van der Waals surface area (Å²) in [6.07, 6.45) is -6.25. The van der Waals surface area contributed by atoms with Crippen LogP contribution in [0.3, 0.4) is 0 Å². The lowest BCUT2D eigenvalue weighted by molar-refractivity contribution is -0.274. The minimum atomic E-state index is -4.80. The van der Waals surface area contributed by atoms with Crippen molar-refractivity contribution in [3.63, 3.8) is 0 Å². The van der Waals surface area contributed by atoms with E-state index in [9.17, 15) is 23.1 Å². The molecule has 1 heterocycles. The Balaban J connectivity index is 2.01. The van der Waals surface area contributed by atoms with Crippen molar-refractivity contribution in [2.24, 2.45) is 0 Å². The van der Waals surface area contributed by atoms with E-state index >= 15 is 0 Å². The fraction of sp³-hybridized carbons (Fsp3) is 0.417. The van der Waals surface area contributed by atoms with Crippen LogP contribution in [0.25, 0.3) is 11.1 Å². The molecule has 2 aromatic carbocycles. The fourth-order valence-corrected chi connectivity index (χ4v) is 3.75. The first-order valence-electron chi connectivity index (χ1n) is 10.6. The van der Waals surface area contributed by atoms with Gasteiger partial charge >= 0.3 is 12.5 Å². The van der Waals surface area contributed by atoms with Crippen LogP contribution in [0.15, 0.2) is 30.3 Å². The number of ether oxygens (including phenoxy) is 3. The van der Waals surface area contributed by atoms with Crippen LogP contribution in [0, 0.1) is 11.3 Å². The molecule has 0 bridgehead atoms. The van der Waals surface area contributed by atoms with Gasteiger partial charge in [-0.25, -0.2) is 4.79 Å². The zero-order valence-electron chi connectivity index (χ0n) is 19.0. The van der Waals surface area contributed by atoms with Crippen molar-refractivity contribution in [1.82, 2.24) is 5.32 Å². The zero-order valence-corrected chi connectivity index (χ0v) is 19.0. The summed E-state index contributed by atoms with van der Waals surface area (Å²) in [5.41, 5.74) is 2.17. The first-order chi connectivity index (χ1) is 15.9. The van der Waals surface area contributed by atoms with Crippen molar-refractivity contribution >= 4 is 6.09 Å². The van der Waals surface area contributed by atoms with Gasteiger partial charge in [-0.1, -0.05) is 12.1 Å². The van der Waals surface area contributed by atoms with Gasteiger partial charge in [-0.2, -0.15) is 5.26 Å². The molecule has 0 radical (unpaired) electrons. The predicted octanol–water partition coefficient (Wildman–Crippen LogP) is 5.16. The van der Waals surface area contributed by atoms with Crippen LogP contribution in [-0.2, 0) is 17.7 Å².